The van der Waals surface area contributed by atoms with Gasteiger partial charge >= 0.3 is 0 Å². The Hall–Kier alpha value is -1.51. The van der Waals surface area contributed by atoms with Crippen LogP contribution in [0.1, 0.15) is 26.3 Å². The molecule has 0 fully saturated rings. The summed E-state index contributed by atoms with van der Waals surface area (Å²) in [5.41, 5.74) is 1.65. The highest BCUT2D eigenvalue weighted by Gasteiger charge is 2.06. The van der Waals surface area contributed by atoms with E-state index in [1.54, 1.807) is 7.11 Å². The highest BCUT2D eigenvalue weighted by molar-refractivity contribution is 14.0. The summed E-state index contributed by atoms with van der Waals surface area (Å²) < 4.78 is 5.23. The number of carbonyl (C=O) groups is 1. The first-order chi connectivity index (χ1) is 10.1. The zero-order valence-corrected chi connectivity index (χ0v) is 15.9. The standard InChI is InChI=1S/C15H24N4O2.HI/c1-5-16-15(17-6-2)18-10-12-7-8-14(21-4)13(9-12)19-11(3)20;/h7-9H,5-6,10H2,1-4H3,(H,19,20)(H2,16,17,18);1H. The Morgan fingerprint density at radius 2 is 1.86 bits per heavy atom. The second-order valence-electron chi connectivity index (χ2n) is 4.44. The van der Waals surface area contributed by atoms with E-state index in [0.717, 1.165) is 24.6 Å². The summed E-state index contributed by atoms with van der Waals surface area (Å²) in [7, 11) is 1.58. The smallest absolute Gasteiger partial charge is 0.221 e. The lowest BCUT2D eigenvalue weighted by Gasteiger charge is -2.11. The number of nitrogens with zero attached hydrogens (tertiary/aromatic N) is 1. The predicted molar refractivity (Wildman–Crippen MR) is 101 cm³/mol. The SMILES string of the molecule is CCNC(=NCc1ccc(OC)c(NC(C)=O)c1)NCC.I. The third-order valence-electron chi connectivity index (χ3n) is 2.68. The number of carbonyl (C=O) groups excluding carboxylic acids is 1. The average molecular weight is 420 g/mol. The lowest BCUT2D eigenvalue weighted by Crippen LogP contribution is -2.36. The van der Waals surface area contributed by atoms with E-state index >= 15 is 0 Å². The Balaban J connectivity index is 0.00000441. The van der Waals surface area contributed by atoms with Crippen molar-refractivity contribution in [3.05, 3.63) is 23.8 Å². The molecule has 0 radical (unpaired) electrons. The van der Waals surface area contributed by atoms with Gasteiger partial charge in [-0.15, -0.1) is 24.0 Å². The lowest BCUT2D eigenvalue weighted by molar-refractivity contribution is -0.114. The number of amides is 1. The van der Waals surface area contributed by atoms with Crippen molar-refractivity contribution < 1.29 is 9.53 Å². The minimum atomic E-state index is -0.130. The van der Waals surface area contributed by atoms with Crippen LogP contribution in [0.5, 0.6) is 5.75 Å². The van der Waals surface area contributed by atoms with Crippen LogP contribution in [0.4, 0.5) is 5.69 Å². The minimum Gasteiger partial charge on any atom is -0.495 e. The number of rotatable bonds is 6. The molecule has 124 valence electrons. The van der Waals surface area contributed by atoms with Gasteiger partial charge in [0, 0.05) is 20.0 Å². The third-order valence-corrected chi connectivity index (χ3v) is 2.68. The third kappa shape index (κ3) is 6.97. The highest BCUT2D eigenvalue weighted by Crippen LogP contribution is 2.25. The van der Waals surface area contributed by atoms with Gasteiger partial charge in [0.1, 0.15) is 5.75 Å². The molecule has 6 nitrogen and oxygen atoms in total. The van der Waals surface area contributed by atoms with E-state index in [4.69, 9.17) is 4.74 Å². The van der Waals surface area contributed by atoms with Crippen LogP contribution >= 0.6 is 24.0 Å². The zero-order valence-electron chi connectivity index (χ0n) is 13.5. The Morgan fingerprint density at radius 3 is 2.36 bits per heavy atom. The number of benzene rings is 1. The summed E-state index contributed by atoms with van der Waals surface area (Å²) >= 11 is 0. The van der Waals surface area contributed by atoms with Crippen molar-refractivity contribution in [1.29, 1.82) is 0 Å². The number of anilines is 1. The summed E-state index contributed by atoms with van der Waals surface area (Å²) in [6.07, 6.45) is 0. The molecule has 3 N–H and O–H groups in total. The Morgan fingerprint density at radius 1 is 1.23 bits per heavy atom. The Kier molecular flexibility index (Phi) is 10.3. The van der Waals surface area contributed by atoms with Crippen LogP contribution in [0.25, 0.3) is 0 Å². The van der Waals surface area contributed by atoms with Crippen LogP contribution in [0.3, 0.4) is 0 Å². The number of hydrogen-bond acceptors (Lipinski definition) is 3. The van der Waals surface area contributed by atoms with Gasteiger partial charge in [0.25, 0.3) is 0 Å². The van der Waals surface area contributed by atoms with E-state index in [1.165, 1.54) is 6.92 Å². The summed E-state index contributed by atoms with van der Waals surface area (Å²) in [5, 5.41) is 9.09. The van der Waals surface area contributed by atoms with Gasteiger partial charge in [0.15, 0.2) is 5.96 Å². The molecule has 0 heterocycles. The van der Waals surface area contributed by atoms with Crippen LogP contribution in [-0.2, 0) is 11.3 Å². The molecule has 1 aromatic rings. The van der Waals surface area contributed by atoms with Crippen molar-refractivity contribution in [2.45, 2.75) is 27.3 Å². The molecule has 0 bridgehead atoms. The zero-order chi connectivity index (χ0) is 15.7. The summed E-state index contributed by atoms with van der Waals surface area (Å²) in [6.45, 7) is 7.66. The second kappa shape index (κ2) is 11.1. The first kappa shape index (κ1) is 20.5. The van der Waals surface area contributed by atoms with Crippen LogP contribution < -0.4 is 20.7 Å². The number of methoxy groups -OCH3 is 1. The summed E-state index contributed by atoms with van der Waals surface area (Å²) in [5.74, 6) is 1.28. The van der Waals surface area contributed by atoms with Crippen molar-refractivity contribution in [2.75, 3.05) is 25.5 Å². The van der Waals surface area contributed by atoms with Crippen LogP contribution in [0, 0.1) is 0 Å². The van der Waals surface area contributed by atoms with Gasteiger partial charge in [0.2, 0.25) is 5.91 Å². The van der Waals surface area contributed by atoms with Gasteiger partial charge in [-0.1, -0.05) is 6.07 Å². The predicted octanol–water partition coefficient (Wildman–Crippen LogP) is 2.35. The van der Waals surface area contributed by atoms with Crippen molar-refractivity contribution in [2.24, 2.45) is 4.99 Å². The fourth-order valence-corrected chi connectivity index (χ4v) is 1.82. The van der Waals surface area contributed by atoms with E-state index in [0.29, 0.717) is 18.0 Å². The molecule has 22 heavy (non-hydrogen) atoms. The molecule has 0 spiro atoms. The number of halogens is 1. The van der Waals surface area contributed by atoms with Crippen LogP contribution in [-0.4, -0.2) is 32.1 Å². The van der Waals surface area contributed by atoms with E-state index in [2.05, 4.69) is 20.9 Å². The second-order valence-corrected chi connectivity index (χ2v) is 4.44. The number of hydrogen-bond donors (Lipinski definition) is 3. The van der Waals surface area contributed by atoms with Gasteiger partial charge in [0.05, 0.1) is 19.3 Å². The van der Waals surface area contributed by atoms with E-state index < -0.39 is 0 Å². The van der Waals surface area contributed by atoms with Gasteiger partial charge in [-0.25, -0.2) is 4.99 Å². The van der Waals surface area contributed by atoms with E-state index in [1.807, 2.05) is 32.0 Å². The maximum atomic E-state index is 11.2. The van der Waals surface area contributed by atoms with Crippen molar-refractivity contribution in [3.63, 3.8) is 0 Å². The fraction of sp³-hybridized carbons (Fsp3) is 0.467. The molecule has 0 aliphatic heterocycles. The van der Waals surface area contributed by atoms with Gasteiger partial charge in [-0.3, -0.25) is 4.79 Å². The molecule has 1 amide bonds. The largest absolute Gasteiger partial charge is 0.495 e. The molecule has 1 aromatic carbocycles. The average Bonchev–Trinajstić information content (AvgIpc) is 2.45. The lowest BCUT2D eigenvalue weighted by atomic mass is 10.2. The normalized spacial score (nSPS) is 9.27. The van der Waals surface area contributed by atoms with E-state index in [-0.39, 0.29) is 29.9 Å². The molecule has 0 atom stereocenters. The van der Waals surface area contributed by atoms with Crippen molar-refractivity contribution >= 4 is 41.5 Å². The Bertz CT molecular complexity index is 498. The van der Waals surface area contributed by atoms with Crippen LogP contribution in [0.15, 0.2) is 23.2 Å². The van der Waals surface area contributed by atoms with Gasteiger partial charge in [-0.2, -0.15) is 0 Å². The molecule has 7 heteroatoms. The molecule has 0 unspecified atom stereocenters. The molecule has 0 aromatic heterocycles. The number of aliphatic imine (C=N–C) groups is 1. The quantitative estimate of drug-likeness (QED) is 0.375. The molecule has 0 aliphatic carbocycles. The Labute approximate surface area is 149 Å². The molecular formula is C15H25IN4O2. The molecule has 0 saturated heterocycles. The van der Waals surface area contributed by atoms with Gasteiger partial charge < -0.3 is 20.7 Å². The monoisotopic (exact) mass is 420 g/mol. The summed E-state index contributed by atoms with van der Waals surface area (Å²) in [6, 6.07) is 5.64. The topological polar surface area (TPSA) is 74.8 Å². The van der Waals surface area contributed by atoms with E-state index in [9.17, 15) is 4.79 Å². The highest BCUT2D eigenvalue weighted by atomic mass is 127. The molecule has 1 rings (SSSR count). The first-order valence-electron chi connectivity index (χ1n) is 7.07. The summed E-state index contributed by atoms with van der Waals surface area (Å²) in [4.78, 5) is 15.7. The maximum absolute atomic E-state index is 11.2. The minimum absolute atomic E-state index is 0. The van der Waals surface area contributed by atoms with Crippen LogP contribution in [0.2, 0.25) is 0 Å². The van der Waals surface area contributed by atoms with Crippen molar-refractivity contribution in [1.82, 2.24) is 10.6 Å². The number of guanidine groups is 1. The molecular weight excluding hydrogens is 395 g/mol. The number of nitrogens with one attached hydrogen (secondary N) is 3. The van der Waals surface area contributed by atoms with Crippen molar-refractivity contribution in [3.8, 4) is 5.75 Å². The molecule has 0 aliphatic rings. The maximum Gasteiger partial charge on any atom is 0.221 e. The fourth-order valence-electron chi connectivity index (χ4n) is 1.82. The first-order valence-corrected chi connectivity index (χ1v) is 7.07. The van der Waals surface area contributed by atoms with Gasteiger partial charge in [-0.05, 0) is 31.5 Å². The number of ether oxygens (including phenoxy) is 1. The molecule has 0 saturated carbocycles.